The van der Waals surface area contributed by atoms with Crippen molar-refractivity contribution < 1.29 is 10.0 Å². The van der Waals surface area contributed by atoms with Gasteiger partial charge in [-0.25, -0.2) is 11.3 Å². The van der Waals surface area contributed by atoms with Crippen molar-refractivity contribution in [1.29, 1.82) is 0 Å². The van der Waals surface area contributed by atoms with Crippen molar-refractivity contribution in [2.24, 2.45) is 11.6 Å². The van der Waals surface area contributed by atoms with Crippen LogP contribution in [0, 0.1) is 0 Å². The van der Waals surface area contributed by atoms with Gasteiger partial charge in [0.25, 0.3) is 5.91 Å². The minimum atomic E-state index is -0.558. The number of pyridine rings is 1. The van der Waals surface area contributed by atoms with Crippen molar-refractivity contribution >= 4 is 11.6 Å². The maximum Gasteiger partial charge on any atom is 0.274 e. The molecule has 22 heavy (non-hydrogen) atoms. The van der Waals surface area contributed by atoms with Crippen molar-refractivity contribution in [2.45, 2.75) is 6.54 Å². The van der Waals surface area contributed by atoms with E-state index in [1.807, 2.05) is 6.07 Å². The van der Waals surface area contributed by atoms with Crippen LogP contribution in [0.3, 0.4) is 0 Å². The summed E-state index contributed by atoms with van der Waals surface area (Å²) in [5.74, 6) is 5.35. The van der Waals surface area contributed by atoms with Crippen LogP contribution in [-0.2, 0) is 6.54 Å². The van der Waals surface area contributed by atoms with E-state index in [1.165, 1.54) is 5.01 Å². The molecule has 0 unspecified atom stereocenters. The van der Waals surface area contributed by atoms with E-state index >= 15 is 0 Å². The van der Waals surface area contributed by atoms with Crippen LogP contribution in [0.15, 0.2) is 55.0 Å². The van der Waals surface area contributed by atoms with Crippen molar-refractivity contribution in [3.8, 4) is 0 Å². The van der Waals surface area contributed by atoms with Crippen LogP contribution in [0.2, 0.25) is 0 Å². The molecule has 0 aliphatic rings. The highest BCUT2D eigenvalue weighted by atomic mass is 16.5. The minimum absolute atomic E-state index is 0.361. The van der Waals surface area contributed by atoms with Crippen molar-refractivity contribution in [3.05, 3.63) is 71.7 Å². The van der Waals surface area contributed by atoms with Crippen molar-refractivity contribution in [3.63, 3.8) is 0 Å². The number of amides is 1. The van der Waals surface area contributed by atoms with Gasteiger partial charge in [0.1, 0.15) is 0 Å². The Balaban J connectivity index is 2.03. The summed E-state index contributed by atoms with van der Waals surface area (Å²) in [6.07, 6.45) is 4.94. The van der Waals surface area contributed by atoms with E-state index in [2.05, 4.69) is 4.98 Å². The van der Waals surface area contributed by atoms with E-state index < -0.39 is 5.91 Å². The van der Waals surface area contributed by atoms with Gasteiger partial charge in [0, 0.05) is 29.7 Å². The summed E-state index contributed by atoms with van der Waals surface area (Å²) in [7, 11) is 0. The number of hydrogen-bond acceptors (Lipinski definition) is 6. The van der Waals surface area contributed by atoms with Gasteiger partial charge in [-0.1, -0.05) is 12.1 Å². The second kappa shape index (κ2) is 7.21. The molecule has 0 spiro atoms. The summed E-state index contributed by atoms with van der Waals surface area (Å²) < 4.78 is 0. The van der Waals surface area contributed by atoms with Crippen LogP contribution in [-0.4, -0.2) is 21.1 Å². The first kappa shape index (κ1) is 15.5. The Labute approximate surface area is 127 Å². The molecule has 1 aromatic heterocycles. The normalized spacial score (nSPS) is 11.1. The highest BCUT2D eigenvalue weighted by Gasteiger charge is 2.05. The van der Waals surface area contributed by atoms with Crippen molar-refractivity contribution in [1.82, 2.24) is 15.5 Å². The lowest BCUT2D eigenvalue weighted by atomic mass is 10.1. The van der Waals surface area contributed by atoms with Gasteiger partial charge in [0.05, 0.1) is 12.2 Å². The third-order valence-corrected chi connectivity index (χ3v) is 2.98. The van der Waals surface area contributed by atoms with E-state index in [9.17, 15) is 4.79 Å². The fourth-order valence-electron chi connectivity index (χ4n) is 1.87. The lowest BCUT2D eigenvalue weighted by molar-refractivity contribution is 0.0706. The van der Waals surface area contributed by atoms with Crippen LogP contribution in [0.25, 0.3) is 5.70 Å². The van der Waals surface area contributed by atoms with Crippen LogP contribution >= 0.6 is 0 Å². The predicted octanol–water partition coefficient (Wildman–Crippen LogP) is 0.834. The Kier molecular flexibility index (Phi) is 5.07. The topological polar surface area (TPSA) is 118 Å². The molecule has 7 nitrogen and oxygen atoms in total. The molecule has 2 rings (SSSR count). The Bertz CT molecular complexity index is 655. The molecule has 1 aromatic carbocycles. The summed E-state index contributed by atoms with van der Waals surface area (Å²) in [5.41, 5.74) is 10.1. The van der Waals surface area contributed by atoms with Gasteiger partial charge in [0.15, 0.2) is 0 Å². The van der Waals surface area contributed by atoms with Gasteiger partial charge in [-0.05, 0) is 29.8 Å². The molecule has 1 heterocycles. The molecular formula is C15H17N5O2. The van der Waals surface area contributed by atoms with Gasteiger partial charge in [-0.2, -0.15) is 0 Å². The lowest BCUT2D eigenvalue weighted by Gasteiger charge is -2.15. The van der Waals surface area contributed by atoms with Crippen LogP contribution in [0.1, 0.15) is 21.5 Å². The standard InChI is InChI=1S/C15H17N5O2/c16-14(13-2-1-7-18-8-13)10-20(17)9-11-3-5-12(6-4-11)15(21)19-22/h1-8,10,22H,9,16-17H2,(H,19,21)/b14-10-. The fraction of sp³-hybridized carbons (Fsp3) is 0.0667. The summed E-state index contributed by atoms with van der Waals surface area (Å²) in [4.78, 5) is 15.2. The molecule has 1 amide bonds. The molecule has 0 aliphatic heterocycles. The van der Waals surface area contributed by atoms with E-state index in [0.717, 1.165) is 11.1 Å². The number of nitrogens with two attached hydrogens (primary N) is 2. The number of rotatable bonds is 5. The average Bonchev–Trinajstić information content (AvgIpc) is 2.55. The molecule has 0 fully saturated rings. The number of carbonyl (C=O) groups excluding carboxylic acids is 1. The number of carbonyl (C=O) groups is 1. The number of hydrogen-bond donors (Lipinski definition) is 4. The maximum atomic E-state index is 11.2. The zero-order valence-electron chi connectivity index (χ0n) is 11.8. The first-order chi connectivity index (χ1) is 10.6. The van der Waals surface area contributed by atoms with Gasteiger partial charge in [-0.3, -0.25) is 15.0 Å². The largest absolute Gasteiger partial charge is 0.397 e. The van der Waals surface area contributed by atoms with E-state index in [0.29, 0.717) is 17.8 Å². The number of nitrogens with one attached hydrogen (secondary N) is 1. The van der Waals surface area contributed by atoms with Gasteiger partial charge >= 0.3 is 0 Å². The number of aromatic nitrogens is 1. The smallest absolute Gasteiger partial charge is 0.274 e. The first-order valence-corrected chi connectivity index (χ1v) is 6.52. The average molecular weight is 299 g/mol. The minimum Gasteiger partial charge on any atom is -0.397 e. The number of hydroxylamine groups is 1. The van der Waals surface area contributed by atoms with Crippen LogP contribution < -0.4 is 17.1 Å². The lowest BCUT2D eigenvalue weighted by Crippen LogP contribution is -2.25. The third kappa shape index (κ3) is 4.05. The van der Waals surface area contributed by atoms with E-state index in [4.69, 9.17) is 16.8 Å². The zero-order valence-corrected chi connectivity index (χ0v) is 11.8. The summed E-state index contributed by atoms with van der Waals surface area (Å²) in [6, 6.07) is 10.3. The molecule has 0 aliphatic carbocycles. The molecule has 0 bridgehead atoms. The predicted molar refractivity (Wildman–Crippen MR) is 81.8 cm³/mol. The third-order valence-electron chi connectivity index (χ3n) is 2.98. The second-order valence-electron chi connectivity index (χ2n) is 4.64. The Morgan fingerprint density at radius 1 is 1.27 bits per heavy atom. The van der Waals surface area contributed by atoms with E-state index in [1.54, 1.807) is 54.4 Å². The monoisotopic (exact) mass is 299 g/mol. The quantitative estimate of drug-likeness (QED) is 0.369. The van der Waals surface area contributed by atoms with Crippen molar-refractivity contribution in [2.75, 3.05) is 0 Å². The maximum absolute atomic E-state index is 11.2. The number of hydrazine groups is 1. The fourth-order valence-corrected chi connectivity index (χ4v) is 1.87. The first-order valence-electron chi connectivity index (χ1n) is 6.52. The Hall–Kier alpha value is -2.90. The van der Waals surface area contributed by atoms with Gasteiger partial charge in [0.2, 0.25) is 0 Å². The summed E-state index contributed by atoms with van der Waals surface area (Å²) in [6.45, 7) is 0.419. The molecule has 2 aromatic rings. The zero-order chi connectivity index (χ0) is 15.9. The van der Waals surface area contributed by atoms with Gasteiger partial charge in [-0.15, -0.1) is 0 Å². The molecule has 0 saturated heterocycles. The second-order valence-corrected chi connectivity index (χ2v) is 4.64. The molecule has 7 heteroatoms. The molecule has 0 saturated carbocycles. The number of benzene rings is 1. The summed E-state index contributed by atoms with van der Waals surface area (Å²) >= 11 is 0. The molecule has 0 atom stereocenters. The van der Waals surface area contributed by atoms with Gasteiger partial charge < -0.3 is 10.7 Å². The molecule has 0 radical (unpaired) electrons. The highest BCUT2D eigenvalue weighted by molar-refractivity contribution is 5.93. The molecule has 6 N–H and O–H groups in total. The van der Waals surface area contributed by atoms with Crippen LogP contribution in [0.4, 0.5) is 0 Å². The Morgan fingerprint density at radius 2 is 2.00 bits per heavy atom. The molecular weight excluding hydrogens is 282 g/mol. The van der Waals surface area contributed by atoms with E-state index in [-0.39, 0.29) is 0 Å². The highest BCUT2D eigenvalue weighted by Crippen LogP contribution is 2.10. The summed E-state index contributed by atoms with van der Waals surface area (Å²) in [5, 5.41) is 10.0. The number of nitrogens with zero attached hydrogens (tertiary/aromatic N) is 2. The Morgan fingerprint density at radius 3 is 2.59 bits per heavy atom. The van der Waals surface area contributed by atoms with Crippen LogP contribution in [0.5, 0.6) is 0 Å². The SMILES string of the molecule is N/C(=C\N(N)Cc1ccc(C(=O)NO)cc1)c1cccnc1. The molecule has 114 valence electrons.